The van der Waals surface area contributed by atoms with E-state index >= 15 is 0 Å². The molecule has 8 nitrogen and oxygen atoms in total. The number of esters is 1. The van der Waals surface area contributed by atoms with Crippen LogP contribution in [-0.4, -0.2) is 61.3 Å². The van der Waals surface area contributed by atoms with Crippen molar-refractivity contribution < 1.29 is 32.2 Å². The van der Waals surface area contributed by atoms with E-state index in [1.54, 1.807) is 25.1 Å². The molecule has 0 spiro atoms. The maximum absolute atomic E-state index is 13.2. The van der Waals surface area contributed by atoms with Crippen molar-refractivity contribution in [2.75, 3.05) is 36.9 Å². The molecule has 2 aromatic carbocycles. The molecule has 1 amide bonds. The molecular weight excluding hydrogens is 537 g/mol. The van der Waals surface area contributed by atoms with Crippen LogP contribution in [0.5, 0.6) is 0 Å². The first kappa shape index (κ1) is 30.2. The molecule has 0 atom stereocenters. The number of nitrogens with zero attached hydrogens (tertiary/aromatic N) is 2. The molecule has 41 heavy (non-hydrogen) atoms. The van der Waals surface area contributed by atoms with E-state index in [0.29, 0.717) is 56.6 Å². The van der Waals surface area contributed by atoms with Crippen LogP contribution in [0, 0.1) is 11.3 Å². The van der Waals surface area contributed by atoms with E-state index in [4.69, 9.17) is 14.7 Å². The van der Waals surface area contributed by atoms with Crippen molar-refractivity contribution in [1.82, 2.24) is 4.90 Å². The van der Waals surface area contributed by atoms with Crippen molar-refractivity contribution >= 4 is 23.3 Å². The number of amides is 1. The van der Waals surface area contributed by atoms with E-state index in [9.17, 15) is 22.8 Å². The lowest BCUT2D eigenvalue weighted by Gasteiger charge is -2.34. The second-order valence-electron chi connectivity index (χ2n) is 10.4. The average molecular weight is 573 g/mol. The third-order valence-electron chi connectivity index (χ3n) is 7.55. The lowest BCUT2D eigenvalue weighted by atomic mass is 9.92. The Bertz CT molecular complexity index is 1230. The Labute approximate surface area is 237 Å². The van der Waals surface area contributed by atoms with Gasteiger partial charge < -0.3 is 25.0 Å². The number of nitrogens with one attached hydrogen (secondary N) is 2. The van der Waals surface area contributed by atoms with Crippen LogP contribution in [0.4, 0.5) is 24.5 Å². The summed E-state index contributed by atoms with van der Waals surface area (Å²) in [6.45, 7) is 3.37. The number of benzene rings is 2. The summed E-state index contributed by atoms with van der Waals surface area (Å²) >= 11 is 0. The van der Waals surface area contributed by atoms with Gasteiger partial charge in [-0.2, -0.15) is 18.4 Å². The van der Waals surface area contributed by atoms with E-state index in [-0.39, 0.29) is 36.7 Å². The van der Waals surface area contributed by atoms with Gasteiger partial charge in [0.25, 0.3) is 0 Å². The number of likely N-dealkylation sites (tertiary alicyclic amines) is 1. The van der Waals surface area contributed by atoms with E-state index < -0.39 is 17.3 Å². The Morgan fingerprint density at radius 1 is 0.951 bits per heavy atom. The van der Waals surface area contributed by atoms with E-state index in [2.05, 4.69) is 10.6 Å². The fourth-order valence-corrected chi connectivity index (χ4v) is 5.28. The first-order chi connectivity index (χ1) is 19.7. The van der Waals surface area contributed by atoms with Crippen LogP contribution >= 0.6 is 0 Å². The van der Waals surface area contributed by atoms with Gasteiger partial charge in [-0.3, -0.25) is 4.79 Å². The predicted molar refractivity (Wildman–Crippen MR) is 147 cm³/mol. The molecule has 220 valence electrons. The Morgan fingerprint density at radius 2 is 1.56 bits per heavy atom. The zero-order valence-corrected chi connectivity index (χ0v) is 23.0. The van der Waals surface area contributed by atoms with E-state index in [1.165, 1.54) is 12.1 Å². The van der Waals surface area contributed by atoms with Gasteiger partial charge in [-0.1, -0.05) is 0 Å². The fourth-order valence-electron chi connectivity index (χ4n) is 5.28. The number of halogens is 3. The van der Waals surface area contributed by atoms with Crippen LogP contribution in [0.2, 0.25) is 0 Å². The second-order valence-corrected chi connectivity index (χ2v) is 10.4. The molecule has 2 aliphatic rings. The number of anilines is 2. The third-order valence-corrected chi connectivity index (χ3v) is 7.55. The highest BCUT2D eigenvalue weighted by molar-refractivity contribution is 5.89. The van der Waals surface area contributed by atoms with Crippen molar-refractivity contribution in [3.63, 3.8) is 0 Å². The molecule has 1 heterocycles. The molecule has 2 N–H and O–H groups in total. The molecule has 1 saturated heterocycles. The highest BCUT2D eigenvalue weighted by Gasteiger charge is 2.34. The van der Waals surface area contributed by atoms with Crippen LogP contribution in [0.25, 0.3) is 0 Å². The van der Waals surface area contributed by atoms with Crippen molar-refractivity contribution in [1.29, 1.82) is 5.26 Å². The van der Waals surface area contributed by atoms with Crippen LogP contribution in [-0.2, 0) is 20.4 Å². The monoisotopic (exact) mass is 572 g/mol. The van der Waals surface area contributed by atoms with Crippen molar-refractivity contribution in [3.05, 3.63) is 59.2 Å². The molecule has 1 aliphatic heterocycles. The molecule has 11 heteroatoms. The highest BCUT2D eigenvalue weighted by Crippen LogP contribution is 2.34. The fraction of sp³-hybridized carbons (Fsp3) is 0.500. The Kier molecular flexibility index (Phi) is 10.1. The van der Waals surface area contributed by atoms with Gasteiger partial charge in [0, 0.05) is 36.5 Å². The minimum absolute atomic E-state index is 0.00698. The number of carbonyl (C=O) groups excluding carboxylic acids is 2. The van der Waals surface area contributed by atoms with Crippen LogP contribution in [0.3, 0.4) is 0 Å². The number of carbonyl (C=O) groups is 2. The Balaban J connectivity index is 1.15. The van der Waals surface area contributed by atoms with Gasteiger partial charge in [-0.25, -0.2) is 4.79 Å². The Hall–Kier alpha value is -3.78. The molecule has 2 aromatic rings. The van der Waals surface area contributed by atoms with Crippen molar-refractivity contribution in [2.24, 2.45) is 0 Å². The van der Waals surface area contributed by atoms with Crippen molar-refractivity contribution in [3.8, 4) is 6.07 Å². The van der Waals surface area contributed by atoms with Gasteiger partial charge in [0.15, 0.2) is 0 Å². The first-order valence-corrected chi connectivity index (χ1v) is 14.0. The zero-order valence-electron chi connectivity index (χ0n) is 23.0. The molecule has 0 radical (unpaired) electrons. The van der Waals surface area contributed by atoms with Gasteiger partial charge in [-0.15, -0.1) is 0 Å². The van der Waals surface area contributed by atoms with Gasteiger partial charge in [0.05, 0.1) is 35.5 Å². The van der Waals surface area contributed by atoms with Crippen LogP contribution in [0.1, 0.15) is 66.9 Å². The standard InChI is InChI=1S/C30H35F3N4O4/c1-2-40-29(39)20-3-6-22(7-4-20)35-24-13-15-37(16-14-24)28(38)19-41-26-11-9-23(10-12-26)36-25-8-5-21(18-34)27(17-25)30(31,32)33/h3-8,17,23-24,26,35-36H,2,9-16,19H2,1H3/t23-,26-. The predicted octanol–water partition coefficient (Wildman–Crippen LogP) is 5.60. The molecular formula is C30H35F3N4O4. The number of rotatable bonds is 9. The average Bonchev–Trinajstić information content (AvgIpc) is 2.97. The molecule has 1 saturated carbocycles. The van der Waals surface area contributed by atoms with Crippen LogP contribution < -0.4 is 10.6 Å². The topological polar surface area (TPSA) is 104 Å². The lowest BCUT2D eigenvalue weighted by molar-refractivity contribution is -0.140. The lowest BCUT2D eigenvalue weighted by Crippen LogP contribution is -2.44. The number of hydrogen-bond acceptors (Lipinski definition) is 7. The smallest absolute Gasteiger partial charge is 0.417 e. The maximum atomic E-state index is 13.2. The summed E-state index contributed by atoms with van der Waals surface area (Å²) < 4.78 is 50.7. The highest BCUT2D eigenvalue weighted by atomic mass is 19.4. The number of alkyl halides is 3. The molecule has 1 aliphatic carbocycles. The zero-order chi connectivity index (χ0) is 29.4. The Morgan fingerprint density at radius 3 is 2.17 bits per heavy atom. The SMILES string of the molecule is CCOC(=O)c1ccc(NC2CCN(C(=O)CO[C@H]3CC[C@H](Nc4ccc(C#N)c(C(F)(F)F)c4)CC3)CC2)cc1. The molecule has 0 aromatic heterocycles. The summed E-state index contributed by atoms with van der Waals surface area (Å²) in [6.07, 6.45) is -0.244. The van der Waals surface area contributed by atoms with Crippen LogP contribution in [0.15, 0.2) is 42.5 Å². The van der Waals surface area contributed by atoms with Gasteiger partial charge in [0.2, 0.25) is 5.91 Å². The largest absolute Gasteiger partial charge is 0.462 e. The van der Waals surface area contributed by atoms with Gasteiger partial charge >= 0.3 is 12.1 Å². The number of nitriles is 1. The van der Waals surface area contributed by atoms with Crippen molar-refractivity contribution in [2.45, 2.75) is 69.8 Å². The summed E-state index contributed by atoms with van der Waals surface area (Å²) in [5.74, 6) is -0.386. The second kappa shape index (κ2) is 13.7. The summed E-state index contributed by atoms with van der Waals surface area (Å²) in [7, 11) is 0. The molecule has 4 rings (SSSR count). The summed E-state index contributed by atoms with van der Waals surface area (Å²) in [5, 5.41) is 15.6. The summed E-state index contributed by atoms with van der Waals surface area (Å²) in [6, 6.07) is 12.7. The minimum atomic E-state index is -4.59. The maximum Gasteiger partial charge on any atom is 0.417 e. The summed E-state index contributed by atoms with van der Waals surface area (Å²) in [4.78, 5) is 26.4. The molecule has 2 fully saturated rings. The third kappa shape index (κ3) is 8.36. The number of ether oxygens (including phenoxy) is 2. The van der Waals surface area contributed by atoms with Gasteiger partial charge in [0.1, 0.15) is 6.61 Å². The van der Waals surface area contributed by atoms with Gasteiger partial charge in [-0.05, 0) is 87.9 Å². The minimum Gasteiger partial charge on any atom is -0.462 e. The number of piperidine rings is 1. The molecule has 0 bridgehead atoms. The summed E-state index contributed by atoms with van der Waals surface area (Å²) in [5.41, 5.74) is 0.421. The normalized spacial score (nSPS) is 19.7. The molecule has 0 unspecified atom stereocenters. The van der Waals surface area contributed by atoms with E-state index in [1.807, 2.05) is 17.0 Å². The van der Waals surface area contributed by atoms with E-state index in [0.717, 1.165) is 24.6 Å². The first-order valence-electron chi connectivity index (χ1n) is 14.0. The quantitative estimate of drug-likeness (QED) is 0.377. The number of hydrogen-bond donors (Lipinski definition) is 2.